The Morgan fingerprint density at radius 1 is 0.743 bits per heavy atom. The molecule has 176 valence electrons. The van der Waals surface area contributed by atoms with Crippen LogP contribution in [0.25, 0.3) is 0 Å². The second-order valence-electron chi connectivity index (χ2n) is 7.75. The van der Waals surface area contributed by atoms with Gasteiger partial charge in [0.1, 0.15) is 12.4 Å². The van der Waals surface area contributed by atoms with Gasteiger partial charge in [-0.3, -0.25) is 4.79 Å². The molecule has 0 aliphatic rings. The molecule has 4 aromatic carbocycles. The van der Waals surface area contributed by atoms with Crippen LogP contribution in [-0.2, 0) is 22.6 Å². The van der Waals surface area contributed by atoms with E-state index in [9.17, 15) is 9.59 Å². The number of nitrogens with one attached hydrogen (secondary N) is 1. The molecule has 0 atom stereocenters. The molecule has 0 bridgehead atoms. The number of para-hydroxylation sites is 1. The van der Waals surface area contributed by atoms with Gasteiger partial charge < -0.3 is 14.8 Å². The van der Waals surface area contributed by atoms with Crippen LogP contribution in [0.5, 0.6) is 5.75 Å². The highest BCUT2D eigenvalue weighted by Crippen LogP contribution is 2.29. The van der Waals surface area contributed by atoms with Crippen molar-refractivity contribution in [3.05, 3.63) is 120 Å². The molecule has 0 unspecified atom stereocenters. The van der Waals surface area contributed by atoms with Crippen molar-refractivity contribution in [3.8, 4) is 5.75 Å². The minimum atomic E-state index is -0.488. The molecule has 4 aromatic rings. The second kappa shape index (κ2) is 11.9. The summed E-state index contributed by atoms with van der Waals surface area (Å²) in [5.41, 5.74) is 2.78. The van der Waals surface area contributed by atoms with Crippen LogP contribution in [0, 0.1) is 0 Å². The van der Waals surface area contributed by atoms with Crippen molar-refractivity contribution < 1.29 is 19.1 Å². The molecule has 0 aliphatic heterocycles. The van der Waals surface area contributed by atoms with Crippen LogP contribution < -0.4 is 10.1 Å². The highest BCUT2D eigenvalue weighted by atomic mass is 32.2. The van der Waals surface area contributed by atoms with Crippen molar-refractivity contribution in [1.29, 1.82) is 0 Å². The summed E-state index contributed by atoms with van der Waals surface area (Å²) in [5.74, 6) is 0.138. The van der Waals surface area contributed by atoms with Crippen LogP contribution in [0.3, 0.4) is 0 Å². The van der Waals surface area contributed by atoms with Crippen LogP contribution in [0.2, 0.25) is 0 Å². The Labute approximate surface area is 209 Å². The number of rotatable bonds is 9. The number of carbonyl (C=O) groups excluding carboxylic acids is 2. The van der Waals surface area contributed by atoms with Gasteiger partial charge in [-0.25, -0.2) is 4.79 Å². The SMILES string of the molecule is COC(=O)c1ccccc1NC(=O)Cc1ccc(Sc2ccc(OCc3ccccc3)cc2)cc1. The summed E-state index contributed by atoms with van der Waals surface area (Å²) in [6, 6.07) is 32.7. The molecule has 35 heavy (non-hydrogen) atoms. The zero-order valence-electron chi connectivity index (χ0n) is 19.3. The number of benzene rings is 4. The maximum atomic E-state index is 12.5. The van der Waals surface area contributed by atoms with E-state index in [4.69, 9.17) is 9.47 Å². The van der Waals surface area contributed by atoms with Gasteiger partial charge in [-0.15, -0.1) is 0 Å². The summed E-state index contributed by atoms with van der Waals surface area (Å²) in [6.07, 6.45) is 0.202. The molecular formula is C29H25NO4S. The fourth-order valence-corrected chi connectivity index (χ4v) is 4.23. The third kappa shape index (κ3) is 6.98. The van der Waals surface area contributed by atoms with E-state index >= 15 is 0 Å². The molecule has 0 heterocycles. The van der Waals surface area contributed by atoms with Crippen molar-refractivity contribution in [2.24, 2.45) is 0 Å². The number of amides is 1. The molecule has 1 amide bonds. The molecule has 0 aromatic heterocycles. The average Bonchev–Trinajstić information content (AvgIpc) is 2.90. The molecule has 0 fully saturated rings. The van der Waals surface area contributed by atoms with Gasteiger partial charge in [-0.05, 0) is 59.7 Å². The first-order chi connectivity index (χ1) is 17.1. The first-order valence-corrected chi connectivity index (χ1v) is 11.9. The zero-order valence-corrected chi connectivity index (χ0v) is 20.1. The smallest absolute Gasteiger partial charge is 0.339 e. The van der Waals surface area contributed by atoms with Gasteiger partial charge in [0.15, 0.2) is 0 Å². The van der Waals surface area contributed by atoms with E-state index in [0.29, 0.717) is 17.9 Å². The van der Waals surface area contributed by atoms with Gasteiger partial charge in [0, 0.05) is 9.79 Å². The van der Waals surface area contributed by atoms with Crippen molar-refractivity contribution in [3.63, 3.8) is 0 Å². The maximum absolute atomic E-state index is 12.5. The number of carbonyl (C=O) groups is 2. The molecule has 1 N–H and O–H groups in total. The lowest BCUT2D eigenvalue weighted by Gasteiger charge is -2.10. The lowest BCUT2D eigenvalue weighted by atomic mass is 10.1. The van der Waals surface area contributed by atoms with Gasteiger partial charge in [0.25, 0.3) is 0 Å². The summed E-state index contributed by atoms with van der Waals surface area (Å²) in [4.78, 5) is 26.6. The number of methoxy groups -OCH3 is 1. The van der Waals surface area contributed by atoms with Gasteiger partial charge in [0.05, 0.1) is 24.8 Å². The maximum Gasteiger partial charge on any atom is 0.339 e. The third-order valence-electron chi connectivity index (χ3n) is 5.20. The van der Waals surface area contributed by atoms with Gasteiger partial charge in [-0.2, -0.15) is 0 Å². The fourth-order valence-electron chi connectivity index (χ4n) is 3.42. The van der Waals surface area contributed by atoms with E-state index in [1.807, 2.05) is 78.9 Å². The van der Waals surface area contributed by atoms with Gasteiger partial charge in [0.2, 0.25) is 5.91 Å². The Kier molecular flexibility index (Phi) is 8.20. The van der Waals surface area contributed by atoms with Crippen LogP contribution in [-0.4, -0.2) is 19.0 Å². The first kappa shape index (κ1) is 24.1. The highest BCUT2D eigenvalue weighted by molar-refractivity contribution is 7.99. The molecule has 4 rings (SSSR count). The molecule has 0 aliphatic carbocycles. The summed E-state index contributed by atoms with van der Waals surface area (Å²) in [6.45, 7) is 0.538. The van der Waals surface area contributed by atoms with Crippen molar-refractivity contribution in [2.45, 2.75) is 22.8 Å². The average molecular weight is 484 g/mol. The zero-order chi connectivity index (χ0) is 24.5. The third-order valence-corrected chi connectivity index (χ3v) is 6.22. The fraction of sp³-hybridized carbons (Fsp3) is 0.103. The second-order valence-corrected chi connectivity index (χ2v) is 8.90. The molecule has 6 heteroatoms. The van der Waals surface area contributed by atoms with Crippen molar-refractivity contribution in [2.75, 3.05) is 12.4 Å². The standard InChI is InChI=1S/C29H25NO4S/c1-33-29(32)26-9-5-6-10-27(26)30-28(31)19-21-11-15-24(16-12-21)35-25-17-13-23(14-18-25)34-20-22-7-3-2-4-8-22/h2-18H,19-20H2,1H3,(H,30,31). The summed E-state index contributed by atoms with van der Waals surface area (Å²) < 4.78 is 10.6. The highest BCUT2D eigenvalue weighted by Gasteiger charge is 2.13. The Morgan fingerprint density at radius 3 is 2.06 bits per heavy atom. The van der Waals surface area contributed by atoms with Crippen LogP contribution in [0.15, 0.2) is 113 Å². The minimum Gasteiger partial charge on any atom is -0.489 e. The van der Waals surface area contributed by atoms with E-state index in [0.717, 1.165) is 26.7 Å². The van der Waals surface area contributed by atoms with E-state index in [1.165, 1.54) is 7.11 Å². The Bertz CT molecular complexity index is 1270. The molecule has 0 spiro atoms. The van der Waals surface area contributed by atoms with Crippen molar-refractivity contribution >= 4 is 29.3 Å². The number of hydrogen-bond donors (Lipinski definition) is 1. The molecule has 0 radical (unpaired) electrons. The molecule has 5 nitrogen and oxygen atoms in total. The summed E-state index contributed by atoms with van der Waals surface area (Å²) in [5, 5.41) is 2.80. The quantitative estimate of drug-likeness (QED) is 0.280. The largest absolute Gasteiger partial charge is 0.489 e. The Balaban J connectivity index is 1.30. The van der Waals surface area contributed by atoms with Crippen LogP contribution in [0.4, 0.5) is 5.69 Å². The summed E-state index contributed by atoms with van der Waals surface area (Å²) >= 11 is 1.64. The normalized spacial score (nSPS) is 10.4. The van der Waals surface area contributed by atoms with Crippen LogP contribution in [0.1, 0.15) is 21.5 Å². The molecule has 0 saturated carbocycles. The first-order valence-electron chi connectivity index (χ1n) is 11.1. The monoisotopic (exact) mass is 483 g/mol. The lowest BCUT2D eigenvalue weighted by molar-refractivity contribution is -0.115. The number of ether oxygens (including phenoxy) is 2. The van der Waals surface area contributed by atoms with E-state index in [-0.39, 0.29) is 12.3 Å². The molecule has 0 saturated heterocycles. The number of anilines is 1. The topological polar surface area (TPSA) is 64.6 Å². The van der Waals surface area contributed by atoms with Crippen molar-refractivity contribution in [1.82, 2.24) is 0 Å². The number of hydrogen-bond acceptors (Lipinski definition) is 5. The van der Waals surface area contributed by atoms with E-state index in [1.54, 1.807) is 36.0 Å². The Hall–Kier alpha value is -4.03. The minimum absolute atomic E-state index is 0.201. The van der Waals surface area contributed by atoms with Crippen LogP contribution >= 0.6 is 11.8 Å². The predicted molar refractivity (Wildman–Crippen MR) is 138 cm³/mol. The Morgan fingerprint density at radius 2 is 1.37 bits per heavy atom. The molecular weight excluding hydrogens is 458 g/mol. The lowest BCUT2D eigenvalue weighted by Crippen LogP contribution is -2.17. The van der Waals surface area contributed by atoms with Gasteiger partial charge >= 0.3 is 5.97 Å². The van der Waals surface area contributed by atoms with E-state index in [2.05, 4.69) is 5.32 Å². The summed E-state index contributed by atoms with van der Waals surface area (Å²) in [7, 11) is 1.31. The predicted octanol–water partition coefficient (Wildman–Crippen LogP) is 6.38. The number of esters is 1. The van der Waals surface area contributed by atoms with E-state index < -0.39 is 5.97 Å². The van der Waals surface area contributed by atoms with Gasteiger partial charge in [-0.1, -0.05) is 66.4 Å².